The third-order valence-corrected chi connectivity index (χ3v) is 9.02. The van der Waals surface area contributed by atoms with Gasteiger partial charge in [0.25, 0.3) is 0 Å². The van der Waals surface area contributed by atoms with E-state index in [4.69, 9.17) is 0 Å². The van der Waals surface area contributed by atoms with E-state index < -0.39 is 15.1 Å². The Balaban J connectivity index is 1.56. The van der Waals surface area contributed by atoms with E-state index in [1.165, 1.54) is 16.6 Å². The van der Waals surface area contributed by atoms with Gasteiger partial charge in [-0.15, -0.1) is 21.5 Å². The van der Waals surface area contributed by atoms with Gasteiger partial charge in [0.15, 0.2) is 15.0 Å². The molecule has 0 radical (unpaired) electrons. The van der Waals surface area contributed by atoms with Gasteiger partial charge in [0, 0.05) is 30.1 Å². The number of sulfone groups is 1. The van der Waals surface area contributed by atoms with Crippen LogP contribution in [0.4, 0.5) is 0 Å². The Kier molecular flexibility index (Phi) is 6.49. The first-order chi connectivity index (χ1) is 14.8. The second-order valence-corrected chi connectivity index (χ2v) is 12.2. The van der Waals surface area contributed by atoms with Crippen LogP contribution in [0.2, 0.25) is 0 Å². The molecule has 1 fully saturated rings. The molecule has 2 atom stereocenters. The number of thiophene rings is 1. The summed E-state index contributed by atoms with van der Waals surface area (Å²) in [5, 5.41) is 11.1. The van der Waals surface area contributed by atoms with E-state index in [0.717, 1.165) is 11.5 Å². The van der Waals surface area contributed by atoms with Crippen LogP contribution in [-0.4, -0.2) is 63.8 Å². The first-order valence-corrected chi connectivity index (χ1v) is 13.6. The highest BCUT2D eigenvalue weighted by molar-refractivity contribution is 8.00. The first kappa shape index (κ1) is 22.0. The van der Waals surface area contributed by atoms with Gasteiger partial charge >= 0.3 is 0 Å². The van der Waals surface area contributed by atoms with Crippen molar-refractivity contribution in [2.24, 2.45) is 0 Å². The summed E-state index contributed by atoms with van der Waals surface area (Å²) in [6, 6.07) is 13.7. The molecule has 10 heteroatoms. The lowest BCUT2D eigenvalue weighted by atomic mass is 10.2. The van der Waals surface area contributed by atoms with Crippen LogP contribution >= 0.6 is 23.1 Å². The summed E-state index contributed by atoms with van der Waals surface area (Å²) >= 11 is 3.02. The smallest absolute Gasteiger partial charge is 0.235 e. The lowest BCUT2D eigenvalue weighted by molar-refractivity contribution is -0.130. The molecular formula is C21H24N4O3S3. The molecule has 1 aromatic carbocycles. The maximum atomic E-state index is 13.0. The van der Waals surface area contributed by atoms with Crippen molar-refractivity contribution in [3.63, 3.8) is 0 Å². The number of aromatic nitrogens is 3. The third-order valence-electron chi connectivity index (χ3n) is 5.36. The third kappa shape index (κ3) is 5.02. The van der Waals surface area contributed by atoms with Crippen molar-refractivity contribution in [2.75, 3.05) is 18.6 Å². The molecule has 164 valence electrons. The van der Waals surface area contributed by atoms with Crippen LogP contribution in [0.5, 0.6) is 0 Å². The molecule has 0 saturated carbocycles. The number of hydrogen-bond donors (Lipinski definition) is 0. The molecule has 0 aliphatic carbocycles. The zero-order valence-corrected chi connectivity index (χ0v) is 19.8. The highest BCUT2D eigenvalue weighted by atomic mass is 32.2. The Morgan fingerprint density at radius 2 is 2.03 bits per heavy atom. The van der Waals surface area contributed by atoms with Crippen molar-refractivity contribution in [1.82, 2.24) is 19.7 Å². The van der Waals surface area contributed by atoms with Crippen molar-refractivity contribution in [3.8, 4) is 5.69 Å². The molecule has 2 aromatic heterocycles. The van der Waals surface area contributed by atoms with Gasteiger partial charge in [-0.1, -0.05) is 36.0 Å². The molecule has 3 aromatic rings. The average Bonchev–Trinajstić information content (AvgIpc) is 3.48. The quantitative estimate of drug-likeness (QED) is 0.487. The van der Waals surface area contributed by atoms with Crippen molar-refractivity contribution in [2.45, 2.75) is 36.2 Å². The van der Waals surface area contributed by atoms with Gasteiger partial charge in [0.1, 0.15) is 5.82 Å². The van der Waals surface area contributed by atoms with Crippen molar-refractivity contribution in [1.29, 1.82) is 0 Å². The van der Waals surface area contributed by atoms with E-state index in [9.17, 15) is 13.2 Å². The summed E-state index contributed by atoms with van der Waals surface area (Å²) in [4.78, 5) is 15.8. The van der Waals surface area contributed by atoms with Gasteiger partial charge in [-0.25, -0.2) is 8.42 Å². The van der Waals surface area contributed by atoms with Gasteiger partial charge < -0.3 is 4.90 Å². The number of carbonyl (C=O) groups excluding carboxylic acids is 1. The zero-order chi connectivity index (χ0) is 22.0. The molecule has 0 spiro atoms. The average molecular weight is 477 g/mol. The Bertz CT molecular complexity index is 1140. The minimum absolute atomic E-state index is 0.0395. The summed E-state index contributed by atoms with van der Waals surface area (Å²) < 4.78 is 25.6. The fourth-order valence-electron chi connectivity index (χ4n) is 3.65. The molecule has 1 saturated heterocycles. The summed E-state index contributed by atoms with van der Waals surface area (Å²) in [5.41, 5.74) is 0.941. The Hall–Kier alpha value is -2.17. The fraction of sp³-hybridized carbons (Fsp3) is 0.381. The van der Waals surface area contributed by atoms with Crippen LogP contribution in [0.25, 0.3) is 5.69 Å². The molecule has 1 aliphatic rings. The van der Waals surface area contributed by atoms with E-state index in [-0.39, 0.29) is 23.5 Å². The lowest BCUT2D eigenvalue weighted by Gasteiger charge is -2.26. The zero-order valence-electron chi connectivity index (χ0n) is 17.3. The predicted octanol–water partition coefficient (Wildman–Crippen LogP) is 3.05. The van der Waals surface area contributed by atoms with Gasteiger partial charge in [-0.3, -0.25) is 9.36 Å². The fourth-order valence-corrected chi connectivity index (χ4v) is 7.12. The number of thioether (sulfide) groups is 1. The number of nitrogens with zero attached hydrogens (tertiary/aromatic N) is 4. The van der Waals surface area contributed by atoms with E-state index >= 15 is 0 Å². The molecule has 0 N–H and O–H groups in total. The predicted molar refractivity (Wildman–Crippen MR) is 124 cm³/mol. The number of amides is 1. The van der Waals surface area contributed by atoms with Gasteiger partial charge in [-0.05, 0) is 36.9 Å². The molecule has 1 amide bonds. The minimum atomic E-state index is -3.05. The van der Waals surface area contributed by atoms with Crippen LogP contribution in [-0.2, 0) is 21.1 Å². The van der Waals surface area contributed by atoms with E-state index in [1.54, 1.807) is 23.3 Å². The highest BCUT2D eigenvalue weighted by Crippen LogP contribution is 2.29. The number of rotatable bonds is 7. The number of para-hydroxylation sites is 1. The molecule has 2 unspecified atom stereocenters. The number of benzene rings is 1. The van der Waals surface area contributed by atoms with E-state index in [0.29, 0.717) is 18.0 Å². The largest absolute Gasteiger partial charge is 0.341 e. The normalized spacial score (nSPS) is 18.7. The van der Waals surface area contributed by atoms with Crippen LogP contribution in [0.1, 0.15) is 24.0 Å². The standard InChI is InChI=1S/C21H24N4O3S3/c1-15(20(26)24(2)17-10-12-31(27,28)14-17)30-21-23-22-19(13-18-9-6-11-29-18)25(21)16-7-4-3-5-8-16/h3-9,11,15,17H,10,12-14H2,1-2H3. The number of carbonyl (C=O) groups is 1. The Morgan fingerprint density at radius 1 is 1.26 bits per heavy atom. The topological polar surface area (TPSA) is 85.2 Å². The monoisotopic (exact) mass is 476 g/mol. The van der Waals surface area contributed by atoms with Crippen molar-refractivity contribution in [3.05, 3.63) is 58.5 Å². The van der Waals surface area contributed by atoms with Gasteiger partial charge in [0.05, 0.1) is 16.8 Å². The molecule has 1 aliphatic heterocycles. The van der Waals surface area contributed by atoms with Crippen molar-refractivity contribution < 1.29 is 13.2 Å². The summed E-state index contributed by atoms with van der Waals surface area (Å²) in [6.45, 7) is 1.83. The van der Waals surface area contributed by atoms with Gasteiger partial charge in [-0.2, -0.15) is 0 Å². The summed E-state index contributed by atoms with van der Waals surface area (Å²) in [6.07, 6.45) is 1.15. The molecule has 31 heavy (non-hydrogen) atoms. The number of hydrogen-bond acceptors (Lipinski definition) is 7. The molecule has 4 rings (SSSR count). The summed E-state index contributed by atoms with van der Waals surface area (Å²) in [5.74, 6) is 0.892. The maximum absolute atomic E-state index is 13.0. The second-order valence-electron chi connectivity index (χ2n) is 7.59. The van der Waals surface area contributed by atoms with Crippen molar-refractivity contribution >= 4 is 38.8 Å². The minimum Gasteiger partial charge on any atom is -0.341 e. The lowest BCUT2D eigenvalue weighted by Crippen LogP contribution is -2.41. The molecule has 7 nitrogen and oxygen atoms in total. The molecule has 3 heterocycles. The van der Waals surface area contributed by atoms with E-state index in [1.807, 2.05) is 53.3 Å². The first-order valence-electron chi connectivity index (χ1n) is 10.00. The molecular weight excluding hydrogens is 452 g/mol. The van der Waals surface area contributed by atoms with Crippen LogP contribution < -0.4 is 0 Å². The highest BCUT2D eigenvalue weighted by Gasteiger charge is 2.34. The Morgan fingerprint density at radius 3 is 2.68 bits per heavy atom. The van der Waals surface area contributed by atoms with Gasteiger partial charge in [0.2, 0.25) is 5.91 Å². The SMILES string of the molecule is CC(Sc1nnc(Cc2cccs2)n1-c1ccccc1)C(=O)N(C)C1CCS(=O)(=O)C1. The van der Waals surface area contributed by atoms with Crippen LogP contribution in [0, 0.1) is 0 Å². The second kappa shape index (κ2) is 9.13. The molecule has 0 bridgehead atoms. The van der Waals surface area contributed by atoms with Crippen LogP contribution in [0.3, 0.4) is 0 Å². The summed E-state index contributed by atoms with van der Waals surface area (Å²) in [7, 11) is -1.36. The van der Waals surface area contributed by atoms with Crippen LogP contribution in [0.15, 0.2) is 53.0 Å². The Labute approximate surface area is 190 Å². The van der Waals surface area contributed by atoms with E-state index in [2.05, 4.69) is 16.3 Å². The maximum Gasteiger partial charge on any atom is 0.235 e.